The number of hydrogen-bond donors (Lipinski definition) is 2. The van der Waals surface area contributed by atoms with Crippen LogP contribution in [-0.2, 0) is 5.41 Å². The van der Waals surface area contributed by atoms with Crippen LogP contribution in [0.3, 0.4) is 0 Å². The first-order valence-electron chi connectivity index (χ1n) is 6.94. The molecule has 2 N–H and O–H groups in total. The molecule has 0 radical (unpaired) electrons. The summed E-state index contributed by atoms with van der Waals surface area (Å²) >= 11 is 0. The largest absolute Gasteiger partial charge is 1.00 e. The third-order valence-electron chi connectivity index (χ3n) is 2.92. The van der Waals surface area contributed by atoms with Crippen LogP contribution >= 0.6 is 0 Å². The van der Waals surface area contributed by atoms with Crippen molar-refractivity contribution in [3.05, 3.63) is 29.8 Å². The van der Waals surface area contributed by atoms with Gasteiger partial charge in [-0.3, -0.25) is 0 Å². The van der Waals surface area contributed by atoms with Gasteiger partial charge >= 0.3 is 0 Å². The molecule has 1 rings (SSSR count). The summed E-state index contributed by atoms with van der Waals surface area (Å²) < 4.78 is 5.58. The maximum absolute atomic E-state index is 9.76. The van der Waals surface area contributed by atoms with Crippen molar-refractivity contribution in [2.75, 3.05) is 13.2 Å². The zero-order valence-electron chi connectivity index (χ0n) is 13.1. The highest BCUT2D eigenvalue weighted by Gasteiger charge is 2.13. The van der Waals surface area contributed by atoms with Crippen molar-refractivity contribution < 1.29 is 22.3 Å². The Morgan fingerprint density at radius 2 is 1.70 bits per heavy atom. The topological polar surface area (TPSA) is 41.5 Å². The predicted molar refractivity (Wildman–Crippen MR) is 79.8 cm³/mol. The first-order valence-corrected chi connectivity index (χ1v) is 6.94. The van der Waals surface area contributed by atoms with Gasteiger partial charge in [0, 0.05) is 12.6 Å². The molecule has 0 aromatic heterocycles. The SMILES string of the molecule is CC(C)NCC(O)COc1ccc(C(C)(C)C)cc1.[Cl-]. The molecule has 0 aliphatic heterocycles. The summed E-state index contributed by atoms with van der Waals surface area (Å²) in [5.74, 6) is 0.802. The molecule has 20 heavy (non-hydrogen) atoms. The Labute approximate surface area is 129 Å². The molecular weight excluding hydrogens is 274 g/mol. The third kappa shape index (κ3) is 7.13. The fraction of sp³-hybridized carbons (Fsp3) is 0.625. The average Bonchev–Trinajstić information content (AvgIpc) is 2.33. The molecule has 0 heterocycles. The summed E-state index contributed by atoms with van der Waals surface area (Å²) in [6, 6.07) is 8.45. The molecule has 1 unspecified atom stereocenters. The smallest absolute Gasteiger partial charge is 0.119 e. The molecule has 116 valence electrons. The van der Waals surface area contributed by atoms with Crippen molar-refractivity contribution in [2.24, 2.45) is 0 Å². The lowest BCUT2D eigenvalue weighted by Crippen LogP contribution is -3.00. The van der Waals surface area contributed by atoms with Gasteiger partial charge in [0.15, 0.2) is 0 Å². The van der Waals surface area contributed by atoms with E-state index in [0.717, 1.165) is 5.75 Å². The first-order chi connectivity index (χ1) is 8.79. The zero-order valence-corrected chi connectivity index (χ0v) is 13.9. The van der Waals surface area contributed by atoms with E-state index in [2.05, 4.69) is 52.1 Å². The van der Waals surface area contributed by atoms with Crippen molar-refractivity contribution in [1.82, 2.24) is 5.32 Å². The maximum Gasteiger partial charge on any atom is 0.119 e. The summed E-state index contributed by atoms with van der Waals surface area (Å²) in [4.78, 5) is 0. The number of rotatable bonds is 6. The summed E-state index contributed by atoms with van der Waals surface area (Å²) in [5.41, 5.74) is 1.43. The van der Waals surface area contributed by atoms with Gasteiger partial charge in [0.05, 0.1) is 0 Å². The Bertz CT molecular complexity index is 371. The number of nitrogens with one attached hydrogen (secondary N) is 1. The molecule has 0 amide bonds. The van der Waals surface area contributed by atoms with E-state index in [-0.39, 0.29) is 17.8 Å². The van der Waals surface area contributed by atoms with Crippen LogP contribution in [0.2, 0.25) is 0 Å². The lowest BCUT2D eigenvalue weighted by atomic mass is 9.87. The van der Waals surface area contributed by atoms with Gasteiger partial charge in [0.25, 0.3) is 0 Å². The molecule has 0 fully saturated rings. The van der Waals surface area contributed by atoms with Crippen LogP contribution < -0.4 is 22.5 Å². The van der Waals surface area contributed by atoms with Crippen molar-refractivity contribution in [3.8, 4) is 5.75 Å². The quantitative estimate of drug-likeness (QED) is 0.760. The van der Waals surface area contributed by atoms with Gasteiger partial charge in [-0.1, -0.05) is 46.8 Å². The molecule has 0 saturated heterocycles. The van der Waals surface area contributed by atoms with Gasteiger partial charge in [0.2, 0.25) is 0 Å². The van der Waals surface area contributed by atoms with Crippen LogP contribution in [0, 0.1) is 0 Å². The fourth-order valence-electron chi connectivity index (χ4n) is 1.67. The Morgan fingerprint density at radius 3 is 2.15 bits per heavy atom. The maximum atomic E-state index is 9.76. The number of aliphatic hydroxyl groups is 1. The molecule has 0 aliphatic rings. The van der Waals surface area contributed by atoms with Crippen LogP contribution in [0.25, 0.3) is 0 Å². The molecule has 0 spiro atoms. The van der Waals surface area contributed by atoms with Gasteiger partial charge in [-0.15, -0.1) is 0 Å². The molecule has 0 bridgehead atoms. The van der Waals surface area contributed by atoms with Crippen molar-refractivity contribution >= 4 is 0 Å². The van der Waals surface area contributed by atoms with Crippen molar-refractivity contribution in [2.45, 2.75) is 52.2 Å². The summed E-state index contributed by atoms with van der Waals surface area (Å²) in [7, 11) is 0. The van der Waals surface area contributed by atoms with Gasteiger partial charge in [-0.2, -0.15) is 0 Å². The molecule has 4 heteroatoms. The van der Waals surface area contributed by atoms with E-state index in [4.69, 9.17) is 4.74 Å². The average molecular weight is 301 g/mol. The van der Waals surface area contributed by atoms with E-state index >= 15 is 0 Å². The van der Waals surface area contributed by atoms with Crippen LogP contribution in [-0.4, -0.2) is 30.4 Å². The number of halogens is 1. The van der Waals surface area contributed by atoms with Gasteiger partial charge in [-0.05, 0) is 23.1 Å². The summed E-state index contributed by atoms with van der Waals surface area (Å²) in [6.45, 7) is 11.5. The second-order valence-electron chi connectivity index (χ2n) is 6.30. The number of ether oxygens (including phenoxy) is 1. The standard InChI is InChI=1S/C16H27NO2.ClH/c1-12(2)17-10-14(18)11-19-15-8-6-13(7-9-15)16(3,4)5;/h6-9,12,14,17-18H,10-11H2,1-5H3;1H/p-1. The van der Waals surface area contributed by atoms with E-state index in [1.165, 1.54) is 5.56 Å². The second kappa shape index (κ2) is 8.50. The lowest BCUT2D eigenvalue weighted by Gasteiger charge is -2.19. The molecule has 1 aromatic carbocycles. The third-order valence-corrected chi connectivity index (χ3v) is 2.92. The predicted octanol–water partition coefficient (Wildman–Crippen LogP) is -0.274. The van der Waals surface area contributed by atoms with E-state index in [0.29, 0.717) is 19.2 Å². The Morgan fingerprint density at radius 1 is 1.15 bits per heavy atom. The Balaban J connectivity index is 0.00000361. The van der Waals surface area contributed by atoms with Crippen LogP contribution in [0.5, 0.6) is 5.75 Å². The van der Waals surface area contributed by atoms with Crippen LogP contribution in [0.15, 0.2) is 24.3 Å². The number of hydrogen-bond acceptors (Lipinski definition) is 3. The lowest BCUT2D eigenvalue weighted by molar-refractivity contribution is -0.00000638. The van der Waals surface area contributed by atoms with Crippen molar-refractivity contribution in [1.29, 1.82) is 0 Å². The van der Waals surface area contributed by atoms with E-state index in [1.54, 1.807) is 0 Å². The summed E-state index contributed by atoms with van der Waals surface area (Å²) in [5, 5.41) is 12.9. The number of benzene rings is 1. The molecular formula is C16H27ClNO2-. The highest BCUT2D eigenvalue weighted by Crippen LogP contribution is 2.24. The molecule has 1 aromatic rings. The Kier molecular flexibility index (Phi) is 8.17. The second-order valence-corrected chi connectivity index (χ2v) is 6.30. The fourth-order valence-corrected chi connectivity index (χ4v) is 1.67. The first kappa shape index (κ1) is 19.2. The normalized spacial score (nSPS) is 12.9. The molecule has 0 saturated carbocycles. The van der Waals surface area contributed by atoms with Crippen LogP contribution in [0.4, 0.5) is 0 Å². The van der Waals surface area contributed by atoms with Crippen LogP contribution in [0.1, 0.15) is 40.2 Å². The highest BCUT2D eigenvalue weighted by molar-refractivity contribution is 5.31. The van der Waals surface area contributed by atoms with E-state index in [1.807, 2.05) is 12.1 Å². The van der Waals surface area contributed by atoms with Gasteiger partial charge in [0.1, 0.15) is 18.5 Å². The highest BCUT2D eigenvalue weighted by atomic mass is 35.5. The van der Waals surface area contributed by atoms with Crippen molar-refractivity contribution in [3.63, 3.8) is 0 Å². The van der Waals surface area contributed by atoms with E-state index < -0.39 is 6.10 Å². The zero-order chi connectivity index (χ0) is 14.5. The van der Waals surface area contributed by atoms with Gasteiger partial charge < -0.3 is 27.6 Å². The number of aliphatic hydroxyl groups excluding tert-OH is 1. The molecule has 0 aliphatic carbocycles. The minimum Gasteiger partial charge on any atom is -1.00 e. The Hall–Kier alpha value is -0.770. The van der Waals surface area contributed by atoms with E-state index in [9.17, 15) is 5.11 Å². The van der Waals surface area contributed by atoms with Gasteiger partial charge in [-0.25, -0.2) is 0 Å². The monoisotopic (exact) mass is 300 g/mol. The minimum atomic E-state index is -0.482. The molecule has 1 atom stereocenters. The summed E-state index contributed by atoms with van der Waals surface area (Å²) in [6.07, 6.45) is -0.482. The minimum absolute atomic E-state index is 0. The molecule has 3 nitrogen and oxygen atoms in total.